The molecule has 74 heavy (non-hydrogen) atoms. The van der Waals surface area contributed by atoms with E-state index in [0.29, 0.717) is 74.2 Å². The minimum atomic E-state index is -1.85. The molecule has 2 fully saturated rings. The standard InChI is InChI=1S/C47H74BN13O13/c1-56(2)47(50)53-16-8-11-37(55-40(64)29-58-19-23-59(30-42(66)67)21-17-57(28-39(49)63)18-22-60(24-20-58)31-43(68)69)46(72)52-15-7-3-6-14-51-44(70)35-12-13-36(34-10-5-4-9-33(34)35)45(71)54-26-41(65)61-27-32(62)25-38(61)48(73)74/h4-5,9-10,12-13,32,37-38,62,73-74H,3,6-8,11,14-31H2,1-2H3,(H2,49,63)(H2,50,53)(H,51,70)(H,52,72)(H,54,71)(H,55,64)(H,66,67)(H,68,69). The Balaban J connectivity index is 1.31. The van der Waals surface area contributed by atoms with E-state index in [1.165, 1.54) is 12.1 Å². The lowest BCUT2D eigenvalue weighted by molar-refractivity contribution is -0.139. The van der Waals surface area contributed by atoms with Crippen molar-refractivity contribution < 1.29 is 63.7 Å². The van der Waals surface area contributed by atoms with Gasteiger partial charge in [0.2, 0.25) is 23.6 Å². The number of nitrogens with two attached hydrogens (primary N) is 2. The molecule has 2 aromatic carbocycles. The Kier molecular flexibility index (Phi) is 24.9. The number of carboxylic acids is 2. The number of rotatable bonds is 25. The molecule has 26 nitrogen and oxygen atoms in total. The van der Waals surface area contributed by atoms with Crippen LogP contribution < -0.4 is 32.7 Å². The van der Waals surface area contributed by atoms with E-state index in [0.717, 1.165) is 4.90 Å². The predicted molar refractivity (Wildman–Crippen MR) is 273 cm³/mol. The summed E-state index contributed by atoms with van der Waals surface area (Å²) in [6.07, 6.45) is 1.46. The molecule has 6 amide bonds. The Morgan fingerprint density at radius 1 is 0.703 bits per heavy atom. The zero-order chi connectivity index (χ0) is 54.3. The van der Waals surface area contributed by atoms with Crippen LogP contribution in [-0.4, -0.2) is 259 Å². The van der Waals surface area contributed by atoms with Gasteiger partial charge >= 0.3 is 19.1 Å². The van der Waals surface area contributed by atoms with Crippen molar-refractivity contribution in [1.82, 2.24) is 50.7 Å². The average molecular weight is 1040 g/mol. The molecule has 13 N–H and O–H groups in total. The summed E-state index contributed by atoms with van der Waals surface area (Å²) >= 11 is 0. The third-order valence-corrected chi connectivity index (χ3v) is 12.7. The van der Waals surface area contributed by atoms with Gasteiger partial charge in [-0.15, -0.1) is 0 Å². The van der Waals surface area contributed by atoms with Gasteiger partial charge in [-0.2, -0.15) is 0 Å². The number of carbonyl (C=O) groups excluding carboxylic acids is 6. The number of hydrogen-bond donors (Lipinski definition) is 11. The summed E-state index contributed by atoms with van der Waals surface area (Å²) in [6, 6.07) is 8.89. The Bertz CT molecular complexity index is 2240. The van der Waals surface area contributed by atoms with Crippen LogP contribution in [-0.2, 0) is 28.8 Å². The molecule has 2 aromatic rings. The highest BCUT2D eigenvalue weighted by atomic mass is 16.4. The maximum absolute atomic E-state index is 13.7. The van der Waals surface area contributed by atoms with E-state index >= 15 is 0 Å². The Hall–Kier alpha value is -6.49. The first-order chi connectivity index (χ1) is 35.2. The topological polar surface area (TPSA) is 370 Å². The van der Waals surface area contributed by atoms with Crippen molar-refractivity contribution in [3.05, 3.63) is 47.5 Å². The van der Waals surface area contributed by atoms with E-state index in [1.807, 2.05) is 0 Å². The van der Waals surface area contributed by atoms with Crippen molar-refractivity contribution in [1.29, 1.82) is 0 Å². The summed E-state index contributed by atoms with van der Waals surface area (Å²) in [5.74, 6) is -5.79. The summed E-state index contributed by atoms with van der Waals surface area (Å²) in [6.45, 7) is 1.64. The number of carbonyl (C=O) groups is 8. The van der Waals surface area contributed by atoms with Gasteiger partial charge in [-0.1, -0.05) is 24.3 Å². The summed E-state index contributed by atoms with van der Waals surface area (Å²) in [5, 5.41) is 60.6. The third-order valence-electron chi connectivity index (χ3n) is 12.7. The van der Waals surface area contributed by atoms with Crippen molar-refractivity contribution in [3.8, 4) is 0 Å². The summed E-state index contributed by atoms with van der Waals surface area (Å²) in [7, 11) is 1.64. The molecule has 0 radical (unpaired) electrons. The first-order valence-corrected chi connectivity index (χ1v) is 24.8. The van der Waals surface area contributed by atoms with E-state index in [9.17, 15) is 63.7 Å². The third kappa shape index (κ3) is 20.4. The summed E-state index contributed by atoms with van der Waals surface area (Å²) in [5.41, 5.74) is 11.9. The smallest absolute Gasteiger partial charge is 0.475 e. The van der Waals surface area contributed by atoms with Gasteiger partial charge < -0.3 is 67.9 Å². The number of primary amides is 1. The van der Waals surface area contributed by atoms with Gasteiger partial charge in [0.05, 0.1) is 44.8 Å². The highest BCUT2D eigenvalue weighted by Gasteiger charge is 2.41. The number of amides is 6. The van der Waals surface area contributed by atoms with Crippen LogP contribution in [0.3, 0.4) is 0 Å². The number of hydrogen-bond acceptors (Lipinski definition) is 16. The minimum Gasteiger partial charge on any atom is -0.480 e. The monoisotopic (exact) mass is 1040 g/mol. The fourth-order valence-electron chi connectivity index (χ4n) is 8.68. The van der Waals surface area contributed by atoms with Crippen molar-refractivity contribution in [3.63, 3.8) is 0 Å². The van der Waals surface area contributed by atoms with Gasteiger partial charge in [-0.3, -0.25) is 62.9 Å². The second-order valence-electron chi connectivity index (χ2n) is 18.7. The number of nitrogens with zero attached hydrogens (tertiary/aromatic N) is 7. The number of β-amino-alcohol motifs (C(OH)–C–C–N with tert-alkyl or cyclic N) is 1. The number of aliphatic hydroxyl groups excluding tert-OH is 1. The van der Waals surface area contributed by atoms with Crippen LogP contribution in [0.5, 0.6) is 0 Å². The Morgan fingerprint density at radius 2 is 1.20 bits per heavy atom. The first-order valence-electron chi connectivity index (χ1n) is 24.8. The van der Waals surface area contributed by atoms with E-state index in [1.54, 1.807) is 62.9 Å². The van der Waals surface area contributed by atoms with Gasteiger partial charge in [-0.25, -0.2) is 0 Å². The van der Waals surface area contributed by atoms with Crippen LogP contribution >= 0.6 is 0 Å². The number of aliphatic carboxylic acids is 2. The number of nitrogens with one attached hydrogen (secondary N) is 4. The fourth-order valence-corrected chi connectivity index (χ4v) is 8.68. The molecule has 2 saturated heterocycles. The Morgan fingerprint density at radius 3 is 1.70 bits per heavy atom. The SMILES string of the molecule is CN(C)C(N)=NCCCC(NC(=O)CN1CCN(CC(=O)O)CCN(CC(N)=O)CCN(CC(=O)O)CC1)C(=O)NCCCCCNC(=O)c1ccc(C(=O)NCC(=O)N2CC(O)CC2B(O)O)c2ccccc12. The molecule has 0 bridgehead atoms. The van der Waals surface area contributed by atoms with Crippen LogP contribution in [0.4, 0.5) is 0 Å². The molecule has 2 aliphatic rings. The number of guanidine groups is 1. The van der Waals surface area contributed by atoms with Crippen molar-refractivity contribution >= 4 is 71.2 Å². The van der Waals surface area contributed by atoms with Crippen LogP contribution in [0.25, 0.3) is 10.8 Å². The molecule has 3 unspecified atom stereocenters. The van der Waals surface area contributed by atoms with Gasteiger partial charge in [0.15, 0.2) is 5.96 Å². The molecule has 0 spiro atoms. The number of likely N-dealkylation sites (tertiary alicyclic amines) is 1. The number of aliphatic hydroxyl groups is 1. The molecule has 2 heterocycles. The largest absolute Gasteiger partial charge is 0.480 e. The van der Waals surface area contributed by atoms with E-state index in [2.05, 4.69) is 26.3 Å². The number of unbranched alkanes of at least 4 members (excludes halogenated alkanes) is 2. The van der Waals surface area contributed by atoms with E-state index in [-0.39, 0.29) is 103 Å². The molecule has 408 valence electrons. The summed E-state index contributed by atoms with van der Waals surface area (Å²) < 4.78 is 0. The summed E-state index contributed by atoms with van der Waals surface area (Å²) in [4.78, 5) is 116. The van der Waals surface area contributed by atoms with Gasteiger partial charge in [0.1, 0.15) is 6.04 Å². The average Bonchev–Trinajstić information content (AvgIpc) is 3.75. The molecule has 27 heteroatoms. The Labute approximate surface area is 430 Å². The number of aliphatic imine (C=N–C) groups is 1. The molecule has 0 aromatic heterocycles. The molecular weight excluding hydrogens is 965 g/mol. The van der Waals surface area contributed by atoms with E-state index < -0.39 is 73.2 Å². The van der Waals surface area contributed by atoms with Crippen LogP contribution in [0.1, 0.15) is 59.2 Å². The molecular formula is C47H74BN13O13. The first kappa shape index (κ1) is 60.1. The number of benzene rings is 2. The highest BCUT2D eigenvalue weighted by molar-refractivity contribution is 6.43. The number of fused-ring (bicyclic) bond motifs is 1. The highest BCUT2D eigenvalue weighted by Crippen LogP contribution is 2.24. The second kappa shape index (κ2) is 30.6. The predicted octanol–water partition coefficient (Wildman–Crippen LogP) is -4.42. The van der Waals surface area contributed by atoms with Crippen molar-refractivity contribution in [2.75, 3.05) is 125 Å². The molecule has 3 atom stereocenters. The molecule has 4 rings (SSSR count). The molecule has 0 saturated carbocycles. The quantitative estimate of drug-likeness (QED) is 0.0193. The zero-order valence-electron chi connectivity index (χ0n) is 42.3. The maximum Gasteiger partial charge on any atom is 0.475 e. The molecule has 2 aliphatic heterocycles. The minimum absolute atomic E-state index is 0.00507. The number of carboxylic acid groups (broad SMARTS) is 2. The van der Waals surface area contributed by atoms with Gasteiger partial charge in [0.25, 0.3) is 11.8 Å². The van der Waals surface area contributed by atoms with Gasteiger partial charge in [-0.05, 0) is 61.4 Å². The normalized spacial score (nSPS) is 18.1. The lowest BCUT2D eigenvalue weighted by atomic mass is 9.77. The van der Waals surface area contributed by atoms with E-state index in [4.69, 9.17) is 11.5 Å². The fraction of sp³-hybridized carbons (Fsp3) is 0.596. The van der Waals surface area contributed by atoms with Crippen molar-refractivity contribution in [2.45, 2.75) is 56.6 Å². The maximum atomic E-state index is 13.7. The van der Waals surface area contributed by atoms with Crippen LogP contribution in [0.2, 0.25) is 0 Å². The zero-order valence-corrected chi connectivity index (χ0v) is 42.3. The lowest BCUT2D eigenvalue weighted by Crippen LogP contribution is -2.52. The lowest BCUT2D eigenvalue weighted by Gasteiger charge is -2.33. The second-order valence-corrected chi connectivity index (χ2v) is 18.7. The van der Waals surface area contributed by atoms with Crippen molar-refractivity contribution in [2.24, 2.45) is 16.5 Å². The van der Waals surface area contributed by atoms with Crippen LogP contribution in [0, 0.1) is 0 Å². The van der Waals surface area contributed by atoms with Crippen LogP contribution in [0.15, 0.2) is 41.4 Å². The molecule has 0 aliphatic carbocycles. The van der Waals surface area contributed by atoms with Gasteiger partial charge in [0, 0.05) is 104 Å².